The van der Waals surface area contributed by atoms with Gasteiger partial charge in [0.1, 0.15) is 0 Å². The number of hydrogen-bond acceptors (Lipinski definition) is 4. The molecular weight excluding hydrogens is 246 g/mol. The van der Waals surface area contributed by atoms with Gasteiger partial charge in [-0.15, -0.1) is 0 Å². The fourth-order valence-electron chi connectivity index (χ4n) is 2.58. The van der Waals surface area contributed by atoms with Crippen LogP contribution in [0.15, 0.2) is 22.8 Å². The van der Waals surface area contributed by atoms with Crippen LogP contribution in [0.2, 0.25) is 0 Å². The van der Waals surface area contributed by atoms with Crippen molar-refractivity contribution in [3.05, 3.63) is 24.2 Å². The molecule has 5 nitrogen and oxygen atoms in total. The first kappa shape index (κ1) is 13.6. The summed E-state index contributed by atoms with van der Waals surface area (Å²) >= 11 is 0. The molecule has 0 radical (unpaired) electrons. The third-order valence-electron chi connectivity index (χ3n) is 3.53. The highest BCUT2D eigenvalue weighted by Crippen LogP contribution is 2.22. The number of ether oxygens (including phenoxy) is 1. The number of nitrogens with zero attached hydrogens (tertiary/aromatic N) is 1. The van der Waals surface area contributed by atoms with Crippen LogP contribution in [0.5, 0.6) is 0 Å². The molecule has 0 bridgehead atoms. The monoisotopic (exact) mass is 265 g/mol. The molecule has 0 aromatic carbocycles. The second kappa shape index (κ2) is 5.91. The molecular formula is C14H19NO4. The van der Waals surface area contributed by atoms with Gasteiger partial charge >= 0.3 is 5.97 Å². The third-order valence-corrected chi connectivity index (χ3v) is 3.53. The lowest BCUT2D eigenvalue weighted by molar-refractivity contribution is -0.140. The average Bonchev–Trinajstić information content (AvgIpc) is 2.89. The zero-order chi connectivity index (χ0) is 13.8. The molecule has 0 saturated carbocycles. The highest BCUT2D eigenvalue weighted by molar-refractivity contribution is 5.88. The molecule has 19 heavy (non-hydrogen) atoms. The highest BCUT2D eigenvalue weighted by atomic mass is 16.5. The summed E-state index contributed by atoms with van der Waals surface area (Å²) in [5.74, 6) is -0.622. The molecule has 1 amide bonds. The van der Waals surface area contributed by atoms with Crippen molar-refractivity contribution < 1.29 is 18.7 Å². The lowest BCUT2D eigenvalue weighted by atomic mass is 9.97. The standard InChI is InChI=1S/C14H19NO4/c1-10-5-3-6-11(2)15(10)13(16)9-19-14(17)12-7-4-8-18-12/h4,7-8,10-11H,3,5-6,9H2,1-2H3/t10-,11-/m0/s1. The van der Waals surface area contributed by atoms with E-state index >= 15 is 0 Å². The number of hydrogen-bond donors (Lipinski definition) is 0. The molecule has 1 aliphatic heterocycles. The molecule has 2 heterocycles. The van der Waals surface area contributed by atoms with Crippen LogP contribution in [-0.4, -0.2) is 35.5 Å². The van der Waals surface area contributed by atoms with Crippen molar-refractivity contribution in [1.82, 2.24) is 4.90 Å². The summed E-state index contributed by atoms with van der Waals surface area (Å²) in [6, 6.07) is 3.53. The summed E-state index contributed by atoms with van der Waals surface area (Å²) in [7, 11) is 0. The van der Waals surface area contributed by atoms with Gasteiger partial charge in [-0.3, -0.25) is 4.79 Å². The van der Waals surface area contributed by atoms with Crippen molar-refractivity contribution in [2.45, 2.75) is 45.2 Å². The van der Waals surface area contributed by atoms with E-state index in [-0.39, 0.29) is 30.4 Å². The summed E-state index contributed by atoms with van der Waals surface area (Å²) in [6.45, 7) is 3.83. The molecule has 104 valence electrons. The van der Waals surface area contributed by atoms with Crippen LogP contribution >= 0.6 is 0 Å². The largest absolute Gasteiger partial charge is 0.457 e. The molecule has 0 aliphatic carbocycles. The van der Waals surface area contributed by atoms with Gasteiger partial charge < -0.3 is 14.1 Å². The summed E-state index contributed by atoms with van der Waals surface area (Å²) < 4.78 is 9.89. The van der Waals surface area contributed by atoms with Gasteiger partial charge in [-0.25, -0.2) is 4.79 Å². The Labute approximate surface area is 112 Å². The van der Waals surface area contributed by atoms with Crippen molar-refractivity contribution in [2.75, 3.05) is 6.61 Å². The van der Waals surface area contributed by atoms with Crippen LogP contribution in [0.3, 0.4) is 0 Å². The van der Waals surface area contributed by atoms with Gasteiger partial charge in [0, 0.05) is 12.1 Å². The fourth-order valence-corrected chi connectivity index (χ4v) is 2.58. The number of furan rings is 1. The average molecular weight is 265 g/mol. The maximum Gasteiger partial charge on any atom is 0.374 e. The summed E-state index contributed by atoms with van der Waals surface area (Å²) in [4.78, 5) is 25.5. The van der Waals surface area contributed by atoms with E-state index in [2.05, 4.69) is 0 Å². The van der Waals surface area contributed by atoms with Gasteiger partial charge in [-0.2, -0.15) is 0 Å². The number of likely N-dealkylation sites (tertiary alicyclic amines) is 1. The second-order valence-corrected chi connectivity index (χ2v) is 4.98. The molecule has 2 atom stereocenters. The Morgan fingerprint density at radius 2 is 2.05 bits per heavy atom. The van der Waals surface area contributed by atoms with Crippen LogP contribution in [0.25, 0.3) is 0 Å². The summed E-state index contributed by atoms with van der Waals surface area (Å²) in [5.41, 5.74) is 0. The first-order chi connectivity index (χ1) is 9.09. The molecule has 1 aromatic heterocycles. The maximum absolute atomic E-state index is 12.1. The van der Waals surface area contributed by atoms with E-state index in [0.717, 1.165) is 19.3 Å². The molecule has 1 aromatic rings. The van der Waals surface area contributed by atoms with Crippen molar-refractivity contribution in [2.24, 2.45) is 0 Å². The molecule has 1 fully saturated rings. The van der Waals surface area contributed by atoms with Gasteiger partial charge in [0.2, 0.25) is 5.76 Å². The van der Waals surface area contributed by atoms with Crippen LogP contribution in [0.1, 0.15) is 43.7 Å². The predicted octanol–water partition coefficient (Wildman–Crippen LogP) is 2.23. The summed E-state index contributed by atoms with van der Waals surface area (Å²) in [6.07, 6.45) is 4.54. The number of carbonyl (C=O) groups is 2. The van der Waals surface area contributed by atoms with E-state index < -0.39 is 5.97 Å². The predicted molar refractivity (Wildman–Crippen MR) is 68.6 cm³/mol. The molecule has 0 unspecified atom stereocenters. The van der Waals surface area contributed by atoms with Crippen molar-refractivity contribution in [1.29, 1.82) is 0 Å². The highest BCUT2D eigenvalue weighted by Gasteiger charge is 2.29. The Kier molecular flexibility index (Phi) is 4.24. The molecule has 1 aliphatic rings. The zero-order valence-corrected chi connectivity index (χ0v) is 11.3. The van der Waals surface area contributed by atoms with Crippen LogP contribution in [0.4, 0.5) is 0 Å². The summed E-state index contributed by atoms with van der Waals surface area (Å²) in [5, 5.41) is 0. The van der Waals surface area contributed by atoms with Gasteiger partial charge in [0.15, 0.2) is 6.61 Å². The van der Waals surface area contributed by atoms with E-state index in [9.17, 15) is 9.59 Å². The van der Waals surface area contributed by atoms with Crippen molar-refractivity contribution in [3.8, 4) is 0 Å². The minimum Gasteiger partial charge on any atom is -0.457 e. The molecule has 5 heteroatoms. The Hall–Kier alpha value is -1.78. The maximum atomic E-state index is 12.1. The number of amides is 1. The topological polar surface area (TPSA) is 59.8 Å². The lowest BCUT2D eigenvalue weighted by Crippen LogP contribution is -2.49. The van der Waals surface area contributed by atoms with Gasteiger partial charge in [0.25, 0.3) is 5.91 Å². The Morgan fingerprint density at radius 3 is 2.63 bits per heavy atom. The normalized spacial score (nSPS) is 23.2. The number of rotatable bonds is 3. The Balaban J connectivity index is 1.88. The zero-order valence-electron chi connectivity index (χ0n) is 11.3. The SMILES string of the molecule is C[C@H]1CCC[C@H](C)N1C(=O)COC(=O)c1ccco1. The van der Waals surface area contributed by atoms with Gasteiger partial charge in [-0.1, -0.05) is 0 Å². The number of esters is 1. The van der Waals surface area contributed by atoms with Crippen LogP contribution in [0, 0.1) is 0 Å². The first-order valence-corrected chi connectivity index (χ1v) is 6.61. The van der Waals surface area contributed by atoms with Gasteiger partial charge in [-0.05, 0) is 45.2 Å². The fraction of sp³-hybridized carbons (Fsp3) is 0.571. The number of piperidine rings is 1. The van der Waals surface area contributed by atoms with Crippen molar-refractivity contribution in [3.63, 3.8) is 0 Å². The minimum absolute atomic E-state index is 0.118. The quantitative estimate of drug-likeness (QED) is 0.786. The molecule has 0 N–H and O–H groups in total. The molecule has 1 saturated heterocycles. The van der Waals surface area contributed by atoms with Crippen LogP contribution in [-0.2, 0) is 9.53 Å². The lowest BCUT2D eigenvalue weighted by Gasteiger charge is -2.38. The first-order valence-electron chi connectivity index (χ1n) is 6.61. The Bertz CT molecular complexity index is 430. The minimum atomic E-state index is -0.601. The van der Waals surface area contributed by atoms with Crippen LogP contribution < -0.4 is 0 Å². The van der Waals surface area contributed by atoms with E-state index in [0.29, 0.717) is 0 Å². The van der Waals surface area contributed by atoms with E-state index in [1.54, 1.807) is 6.07 Å². The Morgan fingerprint density at radius 1 is 1.37 bits per heavy atom. The third kappa shape index (κ3) is 3.16. The molecule has 2 rings (SSSR count). The van der Waals surface area contributed by atoms with Crippen molar-refractivity contribution >= 4 is 11.9 Å². The van der Waals surface area contributed by atoms with E-state index in [1.807, 2.05) is 18.7 Å². The second-order valence-electron chi connectivity index (χ2n) is 4.98. The van der Waals surface area contributed by atoms with Gasteiger partial charge in [0.05, 0.1) is 6.26 Å². The smallest absolute Gasteiger partial charge is 0.374 e. The van der Waals surface area contributed by atoms with E-state index in [4.69, 9.17) is 9.15 Å². The number of carbonyl (C=O) groups excluding carboxylic acids is 2. The molecule has 0 spiro atoms. The van der Waals surface area contributed by atoms with E-state index in [1.165, 1.54) is 12.3 Å².